The summed E-state index contributed by atoms with van der Waals surface area (Å²) in [7, 11) is 1.13. The summed E-state index contributed by atoms with van der Waals surface area (Å²) in [6.07, 6.45) is 0. The number of carbonyl (C=O) groups excluding carboxylic acids is 1. The lowest BCUT2D eigenvalue weighted by atomic mass is 10.1. The summed E-state index contributed by atoms with van der Waals surface area (Å²) in [5.41, 5.74) is -0.0726. The van der Waals surface area contributed by atoms with Crippen molar-refractivity contribution < 1.29 is 23.0 Å². The smallest absolute Gasteiger partial charge is 0.387 e. The number of rotatable bonds is 3. The van der Waals surface area contributed by atoms with E-state index in [2.05, 4.69) is 9.47 Å². The Hall–Kier alpha value is -2.16. The Morgan fingerprint density at radius 1 is 1.50 bits per heavy atom. The summed E-state index contributed by atoms with van der Waals surface area (Å²) < 4.78 is 32.3. The third-order valence-electron chi connectivity index (χ3n) is 1.74. The SMILES string of the molecule is COC(=O)c1cc(OC(F)F)ccc1C#N. The third-order valence-corrected chi connectivity index (χ3v) is 1.74. The number of esters is 1. The van der Waals surface area contributed by atoms with Crippen molar-refractivity contribution in [3.05, 3.63) is 29.3 Å². The van der Waals surface area contributed by atoms with Gasteiger partial charge in [-0.2, -0.15) is 14.0 Å². The maximum atomic E-state index is 11.9. The highest BCUT2D eigenvalue weighted by atomic mass is 19.3. The number of ether oxygens (including phenoxy) is 2. The quantitative estimate of drug-likeness (QED) is 0.740. The first-order valence-electron chi connectivity index (χ1n) is 4.15. The highest BCUT2D eigenvalue weighted by molar-refractivity contribution is 5.92. The van der Waals surface area contributed by atoms with Crippen LogP contribution in [-0.2, 0) is 4.74 Å². The van der Waals surface area contributed by atoms with E-state index in [0.717, 1.165) is 13.2 Å². The zero-order chi connectivity index (χ0) is 12.1. The van der Waals surface area contributed by atoms with Crippen LogP contribution in [-0.4, -0.2) is 19.7 Å². The van der Waals surface area contributed by atoms with Gasteiger partial charge in [-0.1, -0.05) is 0 Å². The Bertz CT molecular complexity index is 440. The molecule has 0 amide bonds. The fourth-order valence-corrected chi connectivity index (χ4v) is 1.08. The van der Waals surface area contributed by atoms with Gasteiger partial charge in [0.1, 0.15) is 11.8 Å². The van der Waals surface area contributed by atoms with Gasteiger partial charge in [0.25, 0.3) is 0 Å². The molecule has 84 valence electrons. The molecule has 4 nitrogen and oxygen atoms in total. The van der Waals surface area contributed by atoms with Crippen LogP contribution >= 0.6 is 0 Å². The van der Waals surface area contributed by atoms with Gasteiger partial charge in [-0.15, -0.1) is 0 Å². The van der Waals surface area contributed by atoms with Gasteiger partial charge in [0.2, 0.25) is 0 Å². The molecule has 0 bridgehead atoms. The van der Waals surface area contributed by atoms with E-state index in [4.69, 9.17) is 5.26 Å². The van der Waals surface area contributed by atoms with Gasteiger partial charge in [-0.3, -0.25) is 0 Å². The van der Waals surface area contributed by atoms with Crippen molar-refractivity contribution in [1.29, 1.82) is 5.26 Å². The monoisotopic (exact) mass is 227 g/mol. The second-order valence-corrected chi connectivity index (χ2v) is 2.69. The lowest BCUT2D eigenvalue weighted by molar-refractivity contribution is -0.0499. The van der Waals surface area contributed by atoms with Crippen LogP contribution in [0, 0.1) is 11.3 Å². The van der Waals surface area contributed by atoms with Gasteiger partial charge in [0.15, 0.2) is 0 Å². The highest BCUT2D eigenvalue weighted by Gasteiger charge is 2.14. The van der Waals surface area contributed by atoms with Crippen molar-refractivity contribution >= 4 is 5.97 Å². The van der Waals surface area contributed by atoms with E-state index in [1.165, 1.54) is 12.1 Å². The summed E-state index contributed by atoms with van der Waals surface area (Å²) in [4.78, 5) is 11.2. The first-order valence-corrected chi connectivity index (χ1v) is 4.15. The number of hydrogen-bond acceptors (Lipinski definition) is 4. The molecule has 0 spiro atoms. The lowest BCUT2D eigenvalue weighted by Gasteiger charge is -2.07. The third kappa shape index (κ3) is 2.67. The first kappa shape index (κ1) is 11.9. The van der Waals surface area contributed by atoms with E-state index in [9.17, 15) is 13.6 Å². The van der Waals surface area contributed by atoms with E-state index in [1.54, 1.807) is 6.07 Å². The topological polar surface area (TPSA) is 59.3 Å². The average molecular weight is 227 g/mol. The molecule has 0 radical (unpaired) electrons. The zero-order valence-electron chi connectivity index (χ0n) is 8.24. The molecule has 0 unspecified atom stereocenters. The summed E-state index contributed by atoms with van der Waals surface area (Å²) in [5, 5.41) is 8.69. The molecule has 0 aliphatic rings. The van der Waals surface area contributed by atoms with E-state index in [-0.39, 0.29) is 16.9 Å². The van der Waals surface area contributed by atoms with Gasteiger partial charge >= 0.3 is 12.6 Å². The van der Waals surface area contributed by atoms with Gasteiger partial charge in [0.05, 0.1) is 18.2 Å². The minimum absolute atomic E-state index is 0.0356. The molecule has 0 aliphatic heterocycles. The first-order chi connectivity index (χ1) is 7.58. The summed E-state index contributed by atoms with van der Waals surface area (Å²) in [6, 6.07) is 5.18. The van der Waals surface area contributed by atoms with Crippen LogP contribution in [0.25, 0.3) is 0 Å². The lowest BCUT2D eigenvalue weighted by Crippen LogP contribution is -2.07. The molecule has 0 saturated heterocycles. The summed E-state index contributed by atoms with van der Waals surface area (Å²) >= 11 is 0. The van der Waals surface area contributed by atoms with Gasteiger partial charge < -0.3 is 9.47 Å². The molecule has 0 aliphatic carbocycles. The zero-order valence-corrected chi connectivity index (χ0v) is 8.24. The number of carbonyl (C=O) groups is 1. The van der Waals surface area contributed by atoms with Gasteiger partial charge in [-0.25, -0.2) is 4.79 Å². The normalized spacial score (nSPS) is 9.69. The van der Waals surface area contributed by atoms with E-state index >= 15 is 0 Å². The molecule has 0 heterocycles. The van der Waals surface area contributed by atoms with Crippen LogP contribution in [0.15, 0.2) is 18.2 Å². The standard InChI is InChI=1S/C10H7F2NO3/c1-15-9(14)8-4-7(16-10(11)12)3-2-6(8)5-13/h2-4,10H,1H3. The number of benzene rings is 1. The predicted molar refractivity (Wildman–Crippen MR) is 49.1 cm³/mol. The minimum atomic E-state index is -2.99. The maximum Gasteiger partial charge on any atom is 0.387 e. The van der Waals surface area contributed by atoms with Crippen LogP contribution in [0.5, 0.6) is 5.75 Å². The predicted octanol–water partition coefficient (Wildman–Crippen LogP) is 1.95. The van der Waals surface area contributed by atoms with E-state index in [0.29, 0.717) is 0 Å². The molecular weight excluding hydrogens is 220 g/mol. The van der Waals surface area contributed by atoms with Crippen LogP contribution in [0.1, 0.15) is 15.9 Å². The van der Waals surface area contributed by atoms with Crippen molar-refractivity contribution in [2.75, 3.05) is 7.11 Å². The number of nitriles is 1. The Morgan fingerprint density at radius 2 is 2.19 bits per heavy atom. The van der Waals surface area contributed by atoms with Gasteiger partial charge in [0, 0.05) is 0 Å². The fraction of sp³-hybridized carbons (Fsp3) is 0.200. The van der Waals surface area contributed by atoms with E-state index < -0.39 is 12.6 Å². The van der Waals surface area contributed by atoms with E-state index in [1.807, 2.05) is 0 Å². The van der Waals surface area contributed by atoms with Crippen molar-refractivity contribution in [1.82, 2.24) is 0 Å². The fourth-order valence-electron chi connectivity index (χ4n) is 1.08. The Kier molecular flexibility index (Phi) is 3.78. The number of methoxy groups -OCH3 is 1. The Labute approximate surface area is 90.0 Å². The molecule has 0 N–H and O–H groups in total. The molecule has 0 aromatic heterocycles. The second kappa shape index (κ2) is 5.07. The van der Waals surface area contributed by atoms with Crippen LogP contribution in [0.2, 0.25) is 0 Å². The van der Waals surface area contributed by atoms with Crippen molar-refractivity contribution in [2.45, 2.75) is 6.61 Å². The maximum absolute atomic E-state index is 11.9. The van der Waals surface area contributed by atoms with Crippen molar-refractivity contribution in [3.8, 4) is 11.8 Å². The molecule has 0 fully saturated rings. The average Bonchev–Trinajstić information content (AvgIpc) is 2.27. The molecule has 0 atom stereocenters. The number of halogens is 2. The minimum Gasteiger partial charge on any atom is -0.465 e. The number of hydrogen-bond donors (Lipinski definition) is 0. The highest BCUT2D eigenvalue weighted by Crippen LogP contribution is 2.20. The molecule has 0 saturated carbocycles. The molecular formula is C10H7F2NO3. The molecule has 1 aromatic rings. The summed E-state index contributed by atoms with van der Waals surface area (Å²) in [6.45, 7) is -2.99. The summed E-state index contributed by atoms with van der Waals surface area (Å²) in [5.74, 6) is -0.981. The van der Waals surface area contributed by atoms with Crippen LogP contribution < -0.4 is 4.74 Å². The molecule has 1 aromatic carbocycles. The molecule has 16 heavy (non-hydrogen) atoms. The molecule has 6 heteroatoms. The number of nitrogens with zero attached hydrogens (tertiary/aromatic N) is 1. The number of alkyl halides is 2. The second-order valence-electron chi connectivity index (χ2n) is 2.69. The van der Waals surface area contributed by atoms with Crippen molar-refractivity contribution in [2.24, 2.45) is 0 Å². The van der Waals surface area contributed by atoms with Crippen LogP contribution in [0.4, 0.5) is 8.78 Å². The van der Waals surface area contributed by atoms with Crippen molar-refractivity contribution in [3.63, 3.8) is 0 Å². The Balaban J connectivity index is 3.12. The molecule has 1 rings (SSSR count). The largest absolute Gasteiger partial charge is 0.465 e. The Morgan fingerprint density at radius 3 is 2.69 bits per heavy atom. The van der Waals surface area contributed by atoms with Gasteiger partial charge in [-0.05, 0) is 18.2 Å². The van der Waals surface area contributed by atoms with Crippen LogP contribution in [0.3, 0.4) is 0 Å².